The smallest absolute Gasteiger partial charge is 0.251 e. The highest BCUT2D eigenvalue weighted by atomic mass is 16.1. The molecule has 3 N–H and O–H groups in total. The van der Waals surface area contributed by atoms with E-state index in [1.54, 1.807) is 7.05 Å². The molecule has 3 heteroatoms. The third-order valence-corrected chi connectivity index (χ3v) is 2.30. The quantitative estimate of drug-likeness (QED) is 0.780. The van der Waals surface area contributed by atoms with Crippen molar-refractivity contribution >= 4 is 5.91 Å². The molecule has 0 heterocycles. The van der Waals surface area contributed by atoms with Crippen LogP contribution >= 0.6 is 0 Å². The molecular formula is C12H18N2O. The molecule has 1 atom stereocenters. The Balaban J connectivity index is 2.70. The van der Waals surface area contributed by atoms with Gasteiger partial charge in [0, 0.05) is 18.7 Å². The van der Waals surface area contributed by atoms with Crippen molar-refractivity contribution in [1.29, 1.82) is 0 Å². The van der Waals surface area contributed by atoms with Gasteiger partial charge in [-0.3, -0.25) is 4.79 Å². The Morgan fingerprint density at radius 1 is 1.53 bits per heavy atom. The maximum atomic E-state index is 11.4. The fraction of sp³-hybridized carbons (Fsp3) is 0.417. The van der Waals surface area contributed by atoms with Gasteiger partial charge < -0.3 is 11.1 Å². The molecule has 0 saturated heterocycles. The van der Waals surface area contributed by atoms with Gasteiger partial charge in [0.1, 0.15) is 0 Å². The maximum absolute atomic E-state index is 11.4. The lowest BCUT2D eigenvalue weighted by Crippen LogP contribution is -2.18. The predicted octanol–water partition coefficient (Wildman–Crippen LogP) is 1.33. The van der Waals surface area contributed by atoms with Crippen molar-refractivity contribution in [3.05, 3.63) is 35.4 Å². The van der Waals surface area contributed by atoms with Crippen molar-refractivity contribution in [2.75, 3.05) is 7.05 Å². The average Bonchev–Trinajstić information content (AvgIpc) is 2.25. The van der Waals surface area contributed by atoms with Gasteiger partial charge in [0.15, 0.2) is 0 Å². The SMILES string of the molecule is CNC(=O)c1cccc(CCC(C)N)c1. The van der Waals surface area contributed by atoms with Crippen LogP contribution < -0.4 is 11.1 Å². The molecule has 0 bridgehead atoms. The van der Waals surface area contributed by atoms with Gasteiger partial charge in [-0.1, -0.05) is 12.1 Å². The molecule has 1 aromatic rings. The zero-order valence-corrected chi connectivity index (χ0v) is 9.29. The van der Waals surface area contributed by atoms with Gasteiger partial charge >= 0.3 is 0 Å². The lowest BCUT2D eigenvalue weighted by atomic mass is 10.0. The van der Waals surface area contributed by atoms with Crippen molar-refractivity contribution in [1.82, 2.24) is 5.32 Å². The van der Waals surface area contributed by atoms with E-state index < -0.39 is 0 Å². The van der Waals surface area contributed by atoms with Gasteiger partial charge in [0.2, 0.25) is 0 Å². The highest BCUT2D eigenvalue weighted by Crippen LogP contribution is 2.08. The zero-order chi connectivity index (χ0) is 11.3. The molecule has 0 aliphatic heterocycles. The van der Waals surface area contributed by atoms with Crippen molar-refractivity contribution in [3.63, 3.8) is 0 Å². The van der Waals surface area contributed by atoms with Crippen LogP contribution in [0, 0.1) is 0 Å². The Hall–Kier alpha value is -1.35. The van der Waals surface area contributed by atoms with Crippen LogP contribution in [0.1, 0.15) is 29.3 Å². The molecule has 1 rings (SSSR count). The topological polar surface area (TPSA) is 55.1 Å². The monoisotopic (exact) mass is 206 g/mol. The second-order valence-corrected chi connectivity index (χ2v) is 3.80. The molecule has 0 fully saturated rings. The second kappa shape index (κ2) is 5.51. The molecular weight excluding hydrogens is 188 g/mol. The van der Waals surface area contributed by atoms with Crippen LogP contribution in [0.5, 0.6) is 0 Å². The van der Waals surface area contributed by atoms with Crippen molar-refractivity contribution in [3.8, 4) is 0 Å². The van der Waals surface area contributed by atoms with Crippen molar-refractivity contribution in [2.45, 2.75) is 25.8 Å². The van der Waals surface area contributed by atoms with Crippen LogP contribution in [0.4, 0.5) is 0 Å². The van der Waals surface area contributed by atoms with Crippen LogP contribution in [0.3, 0.4) is 0 Å². The minimum atomic E-state index is -0.0438. The van der Waals surface area contributed by atoms with E-state index in [0.717, 1.165) is 18.4 Å². The first kappa shape index (κ1) is 11.7. The molecule has 1 unspecified atom stereocenters. The minimum Gasteiger partial charge on any atom is -0.355 e. The minimum absolute atomic E-state index is 0.0438. The van der Waals surface area contributed by atoms with E-state index in [4.69, 9.17) is 5.73 Å². The van der Waals surface area contributed by atoms with E-state index in [1.807, 2.05) is 31.2 Å². The van der Waals surface area contributed by atoms with Gasteiger partial charge in [0.05, 0.1) is 0 Å². The Morgan fingerprint density at radius 2 is 2.27 bits per heavy atom. The Kier molecular flexibility index (Phi) is 4.31. The van der Waals surface area contributed by atoms with Gasteiger partial charge in [-0.15, -0.1) is 0 Å². The summed E-state index contributed by atoms with van der Waals surface area (Å²) in [7, 11) is 1.64. The summed E-state index contributed by atoms with van der Waals surface area (Å²) >= 11 is 0. The molecule has 0 spiro atoms. The molecule has 1 aromatic carbocycles. The van der Waals surface area contributed by atoms with E-state index in [2.05, 4.69) is 5.32 Å². The molecule has 15 heavy (non-hydrogen) atoms. The van der Waals surface area contributed by atoms with Crippen LogP contribution in [0.2, 0.25) is 0 Å². The third-order valence-electron chi connectivity index (χ3n) is 2.30. The molecule has 82 valence electrons. The van der Waals surface area contributed by atoms with E-state index in [1.165, 1.54) is 0 Å². The number of rotatable bonds is 4. The Bertz CT molecular complexity index is 334. The van der Waals surface area contributed by atoms with E-state index in [9.17, 15) is 4.79 Å². The van der Waals surface area contributed by atoms with Gasteiger partial charge in [0.25, 0.3) is 5.91 Å². The number of benzene rings is 1. The molecule has 0 aliphatic rings. The number of nitrogens with two attached hydrogens (primary N) is 1. The van der Waals surface area contributed by atoms with Crippen LogP contribution in [0.15, 0.2) is 24.3 Å². The molecule has 0 saturated carbocycles. The number of aryl methyl sites for hydroxylation is 1. The van der Waals surface area contributed by atoms with E-state index in [0.29, 0.717) is 5.56 Å². The number of carbonyl (C=O) groups excluding carboxylic acids is 1. The summed E-state index contributed by atoms with van der Waals surface area (Å²) in [5, 5.41) is 2.61. The fourth-order valence-corrected chi connectivity index (χ4v) is 1.41. The summed E-state index contributed by atoms with van der Waals surface area (Å²) in [6.45, 7) is 1.99. The van der Waals surface area contributed by atoms with Crippen LogP contribution in [0.25, 0.3) is 0 Å². The lowest BCUT2D eigenvalue weighted by Gasteiger charge is -2.06. The number of hydrogen-bond acceptors (Lipinski definition) is 2. The molecule has 0 aromatic heterocycles. The van der Waals surface area contributed by atoms with Gasteiger partial charge in [-0.25, -0.2) is 0 Å². The van der Waals surface area contributed by atoms with E-state index in [-0.39, 0.29) is 11.9 Å². The molecule has 0 aliphatic carbocycles. The first-order valence-electron chi connectivity index (χ1n) is 5.20. The first-order valence-corrected chi connectivity index (χ1v) is 5.20. The normalized spacial score (nSPS) is 12.2. The average molecular weight is 206 g/mol. The van der Waals surface area contributed by atoms with Gasteiger partial charge in [-0.05, 0) is 37.5 Å². The predicted molar refractivity (Wildman–Crippen MR) is 61.8 cm³/mol. The third kappa shape index (κ3) is 3.72. The van der Waals surface area contributed by atoms with Gasteiger partial charge in [-0.2, -0.15) is 0 Å². The molecule has 3 nitrogen and oxygen atoms in total. The van der Waals surface area contributed by atoms with E-state index >= 15 is 0 Å². The number of amides is 1. The summed E-state index contributed by atoms with van der Waals surface area (Å²) < 4.78 is 0. The highest BCUT2D eigenvalue weighted by molar-refractivity contribution is 5.94. The number of nitrogens with one attached hydrogen (secondary N) is 1. The highest BCUT2D eigenvalue weighted by Gasteiger charge is 2.03. The second-order valence-electron chi connectivity index (χ2n) is 3.80. The Labute approximate surface area is 90.7 Å². The zero-order valence-electron chi connectivity index (χ0n) is 9.29. The molecule has 1 amide bonds. The van der Waals surface area contributed by atoms with Crippen LogP contribution in [-0.4, -0.2) is 19.0 Å². The largest absolute Gasteiger partial charge is 0.355 e. The van der Waals surface area contributed by atoms with Crippen molar-refractivity contribution < 1.29 is 4.79 Å². The summed E-state index contributed by atoms with van der Waals surface area (Å²) in [6, 6.07) is 7.86. The number of hydrogen-bond donors (Lipinski definition) is 2. The summed E-state index contributed by atoms with van der Waals surface area (Å²) in [5.41, 5.74) is 7.55. The maximum Gasteiger partial charge on any atom is 0.251 e. The first-order chi connectivity index (χ1) is 7.13. The number of carbonyl (C=O) groups is 1. The summed E-state index contributed by atoms with van der Waals surface area (Å²) in [5.74, 6) is -0.0438. The summed E-state index contributed by atoms with van der Waals surface area (Å²) in [4.78, 5) is 11.4. The lowest BCUT2D eigenvalue weighted by molar-refractivity contribution is 0.0963. The Morgan fingerprint density at radius 3 is 2.87 bits per heavy atom. The fourth-order valence-electron chi connectivity index (χ4n) is 1.41. The summed E-state index contributed by atoms with van der Waals surface area (Å²) in [6.07, 6.45) is 1.86. The standard InChI is InChI=1S/C12H18N2O/c1-9(13)6-7-10-4-3-5-11(8-10)12(15)14-2/h3-5,8-9H,6-7,13H2,1-2H3,(H,14,15). The van der Waals surface area contributed by atoms with Crippen molar-refractivity contribution in [2.24, 2.45) is 5.73 Å². The van der Waals surface area contributed by atoms with Crippen LogP contribution in [-0.2, 0) is 6.42 Å². The molecule has 0 radical (unpaired) electrons.